The standard InChI is InChI=1S/C29H27ClN2O2S/c1-21(33)31-26-12-6-5-11-25(26)27(19-20-35-24-9-3-2-4-10-24)32-28-13-7-8-14-29(28)34-23-17-15-22(30)16-18-23/h2-18,27,32H,19-20H2,1H3,(H,31,33). The van der Waals surface area contributed by atoms with Crippen LogP contribution in [0.4, 0.5) is 11.4 Å². The van der Waals surface area contributed by atoms with Crippen molar-refractivity contribution in [1.29, 1.82) is 0 Å². The molecule has 0 radical (unpaired) electrons. The normalized spacial score (nSPS) is 11.5. The molecule has 4 aromatic rings. The van der Waals surface area contributed by atoms with Gasteiger partial charge in [0, 0.05) is 28.3 Å². The quantitative estimate of drug-likeness (QED) is 0.214. The molecular weight excluding hydrogens is 476 g/mol. The largest absolute Gasteiger partial charge is 0.455 e. The molecule has 2 N–H and O–H groups in total. The Bertz CT molecular complexity index is 1250. The number of hydrogen-bond donors (Lipinski definition) is 2. The van der Waals surface area contributed by atoms with Crippen LogP contribution in [-0.2, 0) is 4.79 Å². The zero-order valence-corrected chi connectivity index (χ0v) is 21.0. The highest BCUT2D eigenvalue weighted by molar-refractivity contribution is 7.99. The summed E-state index contributed by atoms with van der Waals surface area (Å²) in [4.78, 5) is 13.1. The van der Waals surface area contributed by atoms with Crippen LogP contribution in [0.2, 0.25) is 5.02 Å². The first-order chi connectivity index (χ1) is 17.1. The van der Waals surface area contributed by atoms with Gasteiger partial charge in [0.15, 0.2) is 5.75 Å². The van der Waals surface area contributed by atoms with E-state index in [1.165, 1.54) is 11.8 Å². The van der Waals surface area contributed by atoms with Crippen molar-refractivity contribution in [1.82, 2.24) is 0 Å². The van der Waals surface area contributed by atoms with Gasteiger partial charge in [0.05, 0.1) is 11.7 Å². The molecule has 4 rings (SSSR count). The van der Waals surface area contributed by atoms with Crippen LogP contribution in [-0.4, -0.2) is 11.7 Å². The number of benzene rings is 4. The topological polar surface area (TPSA) is 50.4 Å². The van der Waals surface area contributed by atoms with Crippen molar-refractivity contribution in [3.63, 3.8) is 0 Å². The van der Waals surface area contributed by atoms with Gasteiger partial charge >= 0.3 is 0 Å². The maximum absolute atomic E-state index is 11.9. The van der Waals surface area contributed by atoms with E-state index in [0.717, 1.165) is 29.1 Å². The third-order valence-electron chi connectivity index (χ3n) is 5.32. The second-order valence-corrected chi connectivity index (χ2v) is 9.57. The fourth-order valence-corrected chi connectivity index (χ4v) is 4.78. The average molecular weight is 503 g/mol. The molecule has 0 bridgehead atoms. The van der Waals surface area contributed by atoms with E-state index in [-0.39, 0.29) is 11.9 Å². The van der Waals surface area contributed by atoms with Crippen LogP contribution in [0.15, 0.2) is 108 Å². The summed E-state index contributed by atoms with van der Waals surface area (Å²) in [5, 5.41) is 7.32. The van der Waals surface area contributed by atoms with Crippen LogP contribution < -0.4 is 15.4 Å². The molecule has 1 atom stereocenters. The van der Waals surface area contributed by atoms with Gasteiger partial charge in [-0.1, -0.05) is 60.1 Å². The van der Waals surface area contributed by atoms with Gasteiger partial charge in [-0.2, -0.15) is 0 Å². The highest BCUT2D eigenvalue weighted by atomic mass is 35.5. The number of carbonyl (C=O) groups excluding carboxylic acids is 1. The van der Waals surface area contributed by atoms with Crippen LogP contribution in [0.1, 0.15) is 24.9 Å². The lowest BCUT2D eigenvalue weighted by molar-refractivity contribution is -0.114. The Morgan fingerprint density at radius 3 is 2.26 bits per heavy atom. The minimum absolute atomic E-state index is 0.0516. The van der Waals surface area contributed by atoms with Crippen LogP contribution in [0.3, 0.4) is 0 Å². The van der Waals surface area contributed by atoms with E-state index >= 15 is 0 Å². The Morgan fingerprint density at radius 2 is 1.51 bits per heavy atom. The SMILES string of the molecule is CC(=O)Nc1ccccc1C(CCSc1ccccc1)Nc1ccccc1Oc1ccc(Cl)cc1. The summed E-state index contributed by atoms with van der Waals surface area (Å²) in [7, 11) is 0. The second-order valence-electron chi connectivity index (χ2n) is 7.97. The third-order valence-corrected chi connectivity index (χ3v) is 6.62. The van der Waals surface area contributed by atoms with Crippen LogP contribution in [0.25, 0.3) is 0 Å². The van der Waals surface area contributed by atoms with E-state index in [9.17, 15) is 4.79 Å². The number of hydrogen-bond acceptors (Lipinski definition) is 4. The second kappa shape index (κ2) is 12.3. The third kappa shape index (κ3) is 7.28. The zero-order valence-electron chi connectivity index (χ0n) is 19.4. The lowest BCUT2D eigenvalue weighted by Gasteiger charge is -2.24. The highest BCUT2D eigenvalue weighted by Crippen LogP contribution is 2.36. The molecule has 0 aliphatic rings. The lowest BCUT2D eigenvalue weighted by Crippen LogP contribution is -2.16. The molecule has 4 nitrogen and oxygen atoms in total. The number of thioether (sulfide) groups is 1. The molecule has 0 spiro atoms. The Kier molecular flexibility index (Phi) is 8.71. The van der Waals surface area contributed by atoms with E-state index in [4.69, 9.17) is 16.3 Å². The predicted octanol–water partition coefficient (Wildman–Crippen LogP) is 8.43. The van der Waals surface area contributed by atoms with Gasteiger partial charge in [0.1, 0.15) is 5.75 Å². The summed E-state index contributed by atoms with van der Waals surface area (Å²) in [6, 6.07) is 33.4. The number of ether oxygens (including phenoxy) is 1. The number of nitrogens with one attached hydrogen (secondary N) is 2. The van der Waals surface area contributed by atoms with Crippen LogP contribution >= 0.6 is 23.4 Å². The number of carbonyl (C=O) groups is 1. The van der Waals surface area contributed by atoms with E-state index in [0.29, 0.717) is 16.5 Å². The average Bonchev–Trinajstić information content (AvgIpc) is 2.86. The lowest BCUT2D eigenvalue weighted by atomic mass is 10.0. The molecule has 6 heteroatoms. The molecule has 0 saturated heterocycles. The summed E-state index contributed by atoms with van der Waals surface area (Å²) >= 11 is 7.84. The predicted molar refractivity (Wildman–Crippen MR) is 147 cm³/mol. The molecule has 0 aromatic heterocycles. The van der Waals surface area contributed by atoms with Gasteiger partial charge in [-0.3, -0.25) is 4.79 Å². The van der Waals surface area contributed by atoms with Crippen molar-refractivity contribution in [2.24, 2.45) is 0 Å². The van der Waals surface area contributed by atoms with Gasteiger partial charge in [0.25, 0.3) is 0 Å². The maximum Gasteiger partial charge on any atom is 0.221 e. The Hall–Kier alpha value is -3.41. The molecule has 35 heavy (non-hydrogen) atoms. The minimum Gasteiger partial charge on any atom is -0.455 e. The van der Waals surface area contributed by atoms with E-state index in [1.54, 1.807) is 12.1 Å². The van der Waals surface area contributed by atoms with Crippen LogP contribution in [0, 0.1) is 0 Å². The number of anilines is 2. The monoisotopic (exact) mass is 502 g/mol. The van der Waals surface area contributed by atoms with E-state index < -0.39 is 0 Å². The molecular formula is C29H27ClN2O2S. The molecule has 0 aliphatic carbocycles. The summed E-state index contributed by atoms with van der Waals surface area (Å²) in [6.07, 6.45) is 0.839. The fraction of sp³-hybridized carbons (Fsp3) is 0.138. The molecule has 4 aromatic carbocycles. The van der Waals surface area contributed by atoms with Crippen molar-refractivity contribution in [2.75, 3.05) is 16.4 Å². The van der Waals surface area contributed by atoms with Gasteiger partial charge in [-0.25, -0.2) is 0 Å². The molecule has 0 aliphatic heterocycles. The minimum atomic E-state index is -0.0960. The number of rotatable bonds is 10. The van der Waals surface area contributed by atoms with Crippen LogP contribution in [0.5, 0.6) is 11.5 Å². The first-order valence-corrected chi connectivity index (χ1v) is 12.8. The first-order valence-electron chi connectivity index (χ1n) is 11.4. The summed E-state index contributed by atoms with van der Waals surface area (Å²) < 4.78 is 6.17. The number of amides is 1. The van der Waals surface area contributed by atoms with Crippen molar-refractivity contribution in [3.8, 4) is 11.5 Å². The maximum atomic E-state index is 11.9. The molecule has 178 valence electrons. The first kappa shape index (κ1) is 24.7. The molecule has 0 fully saturated rings. The van der Waals surface area contributed by atoms with Gasteiger partial charge < -0.3 is 15.4 Å². The van der Waals surface area contributed by atoms with Crippen molar-refractivity contribution in [3.05, 3.63) is 114 Å². The molecule has 1 amide bonds. The number of halogens is 1. The highest BCUT2D eigenvalue weighted by Gasteiger charge is 2.18. The molecule has 1 unspecified atom stereocenters. The molecule has 0 heterocycles. The van der Waals surface area contributed by atoms with Gasteiger partial charge in [-0.05, 0) is 66.6 Å². The van der Waals surface area contributed by atoms with E-state index in [2.05, 4.69) is 41.0 Å². The van der Waals surface area contributed by atoms with Crippen molar-refractivity contribution in [2.45, 2.75) is 24.3 Å². The Morgan fingerprint density at radius 1 is 0.857 bits per heavy atom. The number of para-hydroxylation sites is 3. The van der Waals surface area contributed by atoms with Crippen molar-refractivity contribution >= 4 is 40.6 Å². The summed E-state index contributed by atoms with van der Waals surface area (Å²) in [5.74, 6) is 2.23. The Labute approximate surface area is 215 Å². The smallest absolute Gasteiger partial charge is 0.221 e. The molecule has 0 saturated carbocycles. The van der Waals surface area contributed by atoms with Gasteiger partial charge in [0.2, 0.25) is 5.91 Å². The summed E-state index contributed by atoms with van der Waals surface area (Å²) in [6.45, 7) is 1.53. The van der Waals surface area contributed by atoms with Gasteiger partial charge in [-0.15, -0.1) is 11.8 Å². The fourth-order valence-electron chi connectivity index (χ4n) is 3.71. The summed E-state index contributed by atoms with van der Waals surface area (Å²) in [5.41, 5.74) is 2.70. The zero-order chi connectivity index (χ0) is 24.5. The Balaban J connectivity index is 1.59. The van der Waals surface area contributed by atoms with E-state index in [1.807, 2.05) is 72.4 Å². The van der Waals surface area contributed by atoms with Crippen molar-refractivity contribution < 1.29 is 9.53 Å².